The molecule has 2 rings (SSSR count). The average Bonchev–Trinajstić information content (AvgIpc) is 2.51. The highest BCUT2D eigenvalue weighted by Crippen LogP contribution is 2.57. The molecule has 0 radical (unpaired) electrons. The van der Waals surface area contributed by atoms with Crippen LogP contribution in [-0.4, -0.2) is 5.78 Å². The van der Waals surface area contributed by atoms with Crippen molar-refractivity contribution < 1.29 is 4.79 Å². The van der Waals surface area contributed by atoms with E-state index in [0.29, 0.717) is 23.0 Å². The molecule has 2 aliphatic rings. The molecule has 1 heteroatoms. The molecule has 0 aromatic carbocycles. The van der Waals surface area contributed by atoms with E-state index >= 15 is 0 Å². The van der Waals surface area contributed by atoms with Gasteiger partial charge in [-0.1, -0.05) is 26.8 Å². The van der Waals surface area contributed by atoms with Gasteiger partial charge < -0.3 is 0 Å². The first-order chi connectivity index (χ1) is 7.47. The van der Waals surface area contributed by atoms with Gasteiger partial charge in [0.05, 0.1) is 0 Å². The molecule has 0 aliphatic heterocycles. The van der Waals surface area contributed by atoms with Crippen molar-refractivity contribution in [3.8, 4) is 0 Å². The van der Waals surface area contributed by atoms with E-state index in [1.807, 2.05) is 6.92 Å². The Morgan fingerprint density at radius 1 is 1.38 bits per heavy atom. The van der Waals surface area contributed by atoms with Crippen molar-refractivity contribution in [2.75, 3.05) is 0 Å². The number of allylic oxidation sites excluding steroid dienone is 2. The summed E-state index contributed by atoms with van der Waals surface area (Å²) >= 11 is 0. The lowest BCUT2D eigenvalue weighted by Gasteiger charge is -2.42. The van der Waals surface area contributed by atoms with Crippen LogP contribution in [0.4, 0.5) is 0 Å². The SMILES string of the molecule is CC1=CC[C@]2(CC1=O)[C@@H](C(C)C)CC[C@@H]2C. The molecular formula is C15H24O. The van der Waals surface area contributed by atoms with Crippen LogP contribution in [0.2, 0.25) is 0 Å². The highest BCUT2D eigenvalue weighted by atomic mass is 16.1. The minimum atomic E-state index is 0.296. The van der Waals surface area contributed by atoms with Crippen molar-refractivity contribution in [2.45, 2.75) is 53.4 Å². The molecule has 0 unspecified atom stereocenters. The molecule has 1 fully saturated rings. The number of hydrogen-bond donors (Lipinski definition) is 0. The molecule has 0 aromatic rings. The number of rotatable bonds is 1. The summed E-state index contributed by atoms with van der Waals surface area (Å²) in [4.78, 5) is 12.0. The molecule has 3 atom stereocenters. The third kappa shape index (κ3) is 1.65. The number of carbonyl (C=O) groups excluding carboxylic acids is 1. The summed E-state index contributed by atoms with van der Waals surface area (Å²) in [5.41, 5.74) is 1.29. The van der Waals surface area contributed by atoms with Crippen LogP contribution in [-0.2, 0) is 4.79 Å². The Kier molecular flexibility index (Phi) is 2.98. The number of hydrogen-bond acceptors (Lipinski definition) is 1. The lowest BCUT2D eigenvalue weighted by atomic mass is 9.61. The van der Waals surface area contributed by atoms with Gasteiger partial charge in [0.1, 0.15) is 0 Å². The molecule has 2 aliphatic carbocycles. The van der Waals surface area contributed by atoms with Gasteiger partial charge in [-0.05, 0) is 54.9 Å². The Morgan fingerprint density at radius 3 is 2.62 bits per heavy atom. The predicted octanol–water partition coefficient (Wildman–Crippen LogP) is 3.98. The van der Waals surface area contributed by atoms with Crippen LogP contribution in [0.3, 0.4) is 0 Å². The first kappa shape index (κ1) is 11.9. The quantitative estimate of drug-likeness (QED) is 0.653. The van der Waals surface area contributed by atoms with E-state index in [-0.39, 0.29) is 0 Å². The highest BCUT2D eigenvalue weighted by Gasteiger charge is 2.50. The zero-order valence-corrected chi connectivity index (χ0v) is 11.0. The number of carbonyl (C=O) groups is 1. The van der Waals surface area contributed by atoms with Gasteiger partial charge in [-0.15, -0.1) is 0 Å². The van der Waals surface area contributed by atoms with Crippen molar-refractivity contribution in [3.63, 3.8) is 0 Å². The van der Waals surface area contributed by atoms with E-state index < -0.39 is 0 Å². The van der Waals surface area contributed by atoms with E-state index in [1.54, 1.807) is 0 Å². The topological polar surface area (TPSA) is 17.1 Å². The Bertz CT molecular complexity index is 326. The van der Waals surface area contributed by atoms with Crippen LogP contribution in [0.25, 0.3) is 0 Å². The molecule has 90 valence electrons. The highest BCUT2D eigenvalue weighted by molar-refractivity contribution is 5.96. The lowest BCUT2D eigenvalue weighted by molar-refractivity contribution is -0.120. The Labute approximate surface area is 99.3 Å². The van der Waals surface area contributed by atoms with Crippen LogP contribution in [0.15, 0.2) is 11.6 Å². The third-order valence-electron chi connectivity index (χ3n) is 5.15. The molecule has 0 bridgehead atoms. The molecule has 16 heavy (non-hydrogen) atoms. The predicted molar refractivity (Wildman–Crippen MR) is 67.2 cm³/mol. The molecule has 0 heterocycles. The first-order valence-electron chi connectivity index (χ1n) is 6.67. The van der Waals surface area contributed by atoms with E-state index in [1.165, 1.54) is 12.8 Å². The molecule has 0 N–H and O–H groups in total. The van der Waals surface area contributed by atoms with Crippen molar-refractivity contribution in [1.82, 2.24) is 0 Å². The second kappa shape index (κ2) is 4.01. The minimum absolute atomic E-state index is 0.296. The summed E-state index contributed by atoms with van der Waals surface area (Å²) in [6, 6.07) is 0. The van der Waals surface area contributed by atoms with Crippen LogP contribution in [0.1, 0.15) is 53.4 Å². The fraction of sp³-hybridized carbons (Fsp3) is 0.800. The standard InChI is InChI=1S/C15H24O/c1-10(2)13-6-5-12(4)15(13)8-7-11(3)14(16)9-15/h7,10,12-13H,5-6,8-9H2,1-4H3/t12-,13+,15+/m0/s1. The maximum absolute atomic E-state index is 12.0. The summed E-state index contributed by atoms with van der Waals surface area (Å²) in [6.07, 6.45) is 6.76. The fourth-order valence-corrected chi connectivity index (χ4v) is 3.99. The fourth-order valence-electron chi connectivity index (χ4n) is 3.99. The summed E-state index contributed by atoms with van der Waals surface area (Å²) in [6.45, 7) is 8.96. The van der Waals surface area contributed by atoms with Crippen LogP contribution in [0.5, 0.6) is 0 Å². The number of ketones is 1. The Hall–Kier alpha value is -0.590. The molecule has 0 aromatic heterocycles. The minimum Gasteiger partial charge on any atom is -0.295 e. The second-order valence-electron chi connectivity index (χ2n) is 6.25. The summed E-state index contributed by atoms with van der Waals surface area (Å²) in [5, 5.41) is 0. The lowest BCUT2D eigenvalue weighted by Crippen LogP contribution is -2.38. The van der Waals surface area contributed by atoms with E-state index in [2.05, 4.69) is 26.8 Å². The van der Waals surface area contributed by atoms with Gasteiger partial charge in [-0.3, -0.25) is 4.79 Å². The van der Waals surface area contributed by atoms with Crippen molar-refractivity contribution in [1.29, 1.82) is 0 Å². The van der Waals surface area contributed by atoms with E-state index in [4.69, 9.17) is 0 Å². The van der Waals surface area contributed by atoms with Gasteiger partial charge >= 0.3 is 0 Å². The largest absolute Gasteiger partial charge is 0.295 e. The van der Waals surface area contributed by atoms with Crippen LogP contribution >= 0.6 is 0 Å². The number of Topliss-reactive ketones (excluding diaryl/α,β-unsaturated/α-hetero) is 1. The molecule has 0 amide bonds. The molecular weight excluding hydrogens is 196 g/mol. The molecule has 1 spiro atoms. The average molecular weight is 220 g/mol. The zero-order valence-electron chi connectivity index (χ0n) is 11.0. The molecule has 1 saturated carbocycles. The van der Waals surface area contributed by atoms with Gasteiger partial charge in [0, 0.05) is 6.42 Å². The van der Waals surface area contributed by atoms with Crippen molar-refractivity contribution >= 4 is 5.78 Å². The maximum Gasteiger partial charge on any atom is 0.158 e. The third-order valence-corrected chi connectivity index (χ3v) is 5.15. The zero-order chi connectivity index (χ0) is 11.9. The summed E-state index contributed by atoms with van der Waals surface area (Å²) in [5.74, 6) is 2.57. The van der Waals surface area contributed by atoms with Gasteiger partial charge in [0.2, 0.25) is 0 Å². The smallest absolute Gasteiger partial charge is 0.158 e. The Balaban J connectivity index is 2.32. The summed E-state index contributed by atoms with van der Waals surface area (Å²) in [7, 11) is 0. The Morgan fingerprint density at radius 2 is 2.06 bits per heavy atom. The summed E-state index contributed by atoms with van der Waals surface area (Å²) < 4.78 is 0. The monoisotopic (exact) mass is 220 g/mol. The van der Waals surface area contributed by atoms with Crippen LogP contribution < -0.4 is 0 Å². The maximum atomic E-state index is 12.0. The first-order valence-corrected chi connectivity index (χ1v) is 6.67. The van der Waals surface area contributed by atoms with Crippen molar-refractivity contribution in [3.05, 3.63) is 11.6 Å². The molecule has 0 saturated heterocycles. The van der Waals surface area contributed by atoms with Gasteiger partial charge in [0.25, 0.3) is 0 Å². The normalized spacial score (nSPS) is 39.6. The van der Waals surface area contributed by atoms with Gasteiger partial charge in [-0.2, -0.15) is 0 Å². The second-order valence-corrected chi connectivity index (χ2v) is 6.25. The van der Waals surface area contributed by atoms with E-state index in [9.17, 15) is 4.79 Å². The van der Waals surface area contributed by atoms with E-state index in [0.717, 1.165) is 24.3 Å². The van der Waals surface area contributed by atoms with Crippen molar-refractivity contribution in [2.24, 2.45) is 23.2 Å². The molecule has 1 nitrogen and oxygen atoms in total. The van der Waals surface area contributed by atoms with Crippen LogP contribution in [0, 0.1) is 23.2 Å². The van der Waals surface area contributed by atoms with Gasteiger partial charge in [-0.25, -0.2) is 0 Å². The van der Waals surface area contributed by atoms with Gasteiger partial charge in [0.15, 0.2) is 5.78 Å².